The Morgan fingerprint density at radius 1 is 1.13 bits per heavy atom. The molecule has 3 aliphatic carbocycles. The summed E-state index contributed by atoms with van der Waals surface area (Å²) in [5.41, 5.74) is 6.43. The Morgan fingerprint density at radius 2 is 1.92 bits per heavy atom. The van der Waals surface area contributed by atoms with E-state index in [1.807, 2.05) is 6.20 Å². The van der Waals surface area contributed by atoms with E-state index in [4.69, 9.17) is 9.47 Å². The number of halogens is 1. The molecule has 9 unspecified atom stereocenters. The predicted octanol–water partition coefficient (Wildman–Crippen LogP) is 0.499. The van der Waals surface area contributed by atoms with Crippen molar-refractivity contribution in [2.24, 2.45) is 22.7 Å². The molecule has 0 aromatic carbocycles. The van der Waals surface area contributed by atoms with Crippen molar-refractivity contribution in [3.05, 3.63) is 11.8 Å². The monoisotopic (exact) mass is 530 g/mol. The van der Waals surface area contributed by atoms with Crippen LogP contribution in [0.1, 0.15) is 44.9 Å². The van der Waals surface area contributed by atoms with Crippen LogP contribution in [0.4, 0.5) is 4.39 Å². The predicted molar refractivity (Wildman–Crippen MR) is 137 cm³/mol. The van der Waals surface area contributed by atoms with E-state index in [0.717, 1.165) is 19.4 Å². The third-order valence-electron chi connectivity index (χ3n) is 10.0. The summed E-state index contributed by atoms with van der Waals surface area (Å²) in [7, 11) is 0. The van der Waals surface area contributed by atoms with E-state index in [2.05, 4.69) is 26.1 Å². The number of fused-ring (bicyclic) bond motifs is 3. The number of ether oxygens (including phenoxy) is 2. The van der Waals surface area contributed by atoms with Gasteiger partial charge in [-0.25, -0.2) is 9.82 Å². The summed E-state index contributed by atoms with van der Waals surface area (Å²) >= 11 is 0. The van der Waals surface area contributed by atoms with Gasteiger partial charge >= 0.3 is 0 Å². The number of aliphatic imine (C=N–C) groups is 1. The van der Waals surface area contributed by atoms with Gasteiger partial charge in [-0.2, -0.15) is 0 Å². The number of nitrogens with zero attached hydrogens (tertiary/aromatic N) is 3. The van der Waals surface area contributed by atoms with Crippen molar-refractivity contribution in [1.82, 2.24) is 26.0 Å². The quantitative estimate of drug-likeness (QED) is 0.358. The highest BCUT2D eigenvalue weighted by molar-refractivity contribution is 6.20. The van der Waals surface area contributed by atoms with Crippen LogP contribution in [-0.2, 0) is 19.1 Å². The van der Waals surface area contributed by atoms with Crippen molar-refractivity contribution in [3.63, 3.8) is 0 Å². The number of amides is 1. The average molecular weight is 531 g/mol. The number of morpholine rings is 2. The number of hydrogen-bond donors (Lipinski definition) is 3. The molecule has 0 bridgehead atoms. The Hall–Kier alpha value is -2.24. The summed E-state index contributed by atoms with van der Waals surface area (Å²) in [4.78, 5) is 35.7. The van der Waals surface area contributed by atoms with Crippen LogP contribution in [-0.4, -0.2) is 103 Å². The van der Waals surface area contributed by atoms with Crippen molar-refractivity contribution >= 4 is 17.6 Å². The number of carbonyl (C=O) groups is 2. The SMILES string of the molecule is O=C1C(C(=O)N2CCOCC2)=CN2C3CC4CCCCC4CC3OC3C(NNC4=NCCN4)C(F)CC1C32. The fourth-order valence-corrected chi connectivity index (χ4v) is 8.18. The Balaban J connectivity index is 1.22. The van der Waals surface area contributed by atoms with Gasteiger partial charge in [0, 0.05) is 31.8 Å². The van der Waals surface area contributed by atoms with Crippen molar-refractivity contribution in [3.8, 4) is 0 Å². The third kappa shape index (κ3) is 4.21. The van der Waals surface area contributed by atoms with Gasteiger partial charge in [-0.15, -0.1) is 0 Å². The maximum Gasteiger partial charge on any atom is 0.259 e. The fraction of sp³-hybridized carbons (Fsp3) is 0.815. The zero-order chi connectivity index (χ0) is 25.8. The minimum Gasteiger partial charge on any atom is -0.378 e. The lowest BCUT2D eigenvalue weighted by molar-refractivity contribution is -0.209. The molecule has 0 radical (unpaired) electrons. The highest BCUT2D eigenvalue weighted by Gasteiger charge is 2.60. The highest BCUT2D eigenvalue weighted by atomic mass is 19.1. The molecule has 11 heteroatoms. The first-order valence-electron chi connectivity index (χ1n) is 14.6. The number of ketones is 1. The van der Waals surface area contributed by atoms with Crippen LogP contribution in [0.2, 0.25) is 0 Å². The standard InChI is InChI=1S/C27H39FN6O4/c28-19-13-17-23-25(22(19)31-32-27-29-5-6-30-27)38-21-12-16-4-2-1-3-15(16)11-20(21)34(23)14-18(24(17)35)26(36)33-7-9-37-10-8-33/h14-17,19-23,25,31H,1-13H2,(H2,29,30,32). The number of rotatable bonds is 3. The molecule has 2 saturated heterocycles. The first-order chi connectivity index (χ1) is 18.6. The molecule has 0 aromatic rings. The Morgan fingerprint density at radius 3 is 2.68 bits per heavy atom. The summed E-state index contributed by atoms with van der Waals surface area (Å²) in [6.45, 7) is 3.32. The van der Waals surface area contributed by atoms with Gasteiger partial charge < -0.3 is 24.6 Å². The number of carbonyl (C=O) groups excluding carboxylic acids is 2. The second kappa shape index (κ2) is 10.1. The molecule has 0 spiro atoms. The molecule has 0 aromatic heterocycles. The number of alkyl halides is 1. The van der Waals surface area contributed by atoms with E-state index >= 15 is 4.39 Å². The first kappa shape index (κ1) is 24.8. The van der Waals surface area contributed by atoms with Crippen LogP contribution in [0, 0.1) is 17.8 Å². The van der Waals surface area contributed by atoms with E-state index in [-0.39, 0.29) is 41.9 Å². The van der Waals surface area contributed by atoms with E-state index in [1.165, 1.54) is 25.7 Å². The first-order valence-corrected chi connectivity index (χ1v) is 14.6. The molecule has 208 valence electrons. The van der Waals surface area contributed by atoms with E-state index in [0.29, 0.717) is 50.6 Å². The van der Waals surface area contributed by atoms with Crippen LogP contribution < -0.4 is 16.2 Å². The van der Waals surface area contributed by atoms with Crippen molar-refractivity contribution in [1.29, 1.82) is 0 Å². The molecule has 4 aliphatic heterocycles. The van der Waals surface area contributed by atoms with Crippen LogP contribution in [0.3, 0.4) is 0 Å². The topological polar surface area (TPSA) is 108 Å². The second-order valence-electron chi connectivity index (χ2n) is 12.0. The van der Waals surface area contributed by atoms with Crippen LogP contribution in [0.15, 0.2) is 16.8 Å². The second-order valence-corrected chi connectivity index (χ2v) is 12.0. The van der Waals surface area contributed by atoms with E-state index in [9.17, 15) is 9.59 Å². The highest BCUT2D eigenvalue weighted by Crippen LogP contribution is 2.50. The van der Waals surface area contributed by atoms with Gasteiger partial charge in [0.1, 0.15) is 6.17 Å². The lowest BCUT2D eigenvalue weighted by Crippen LogP contribution is -2.74. The van der Waals surface area contributed by atoms with Crippen LogP contribution in [0.5, 0.6) is 0 Å². The van der Waals surface area contributed by atoms with Gasteiger partial charge in [0.25, 0.3) is 5.91 Å². The van der Waals surface area contributed by atoms with Gasteiger partial charge in [0.2, 0.25) is 5.96 Å². The Bertz CT molecular complexity index is 1020. The molecule has 5 fully saturated rings. The zero-order valence-electron chi connectivity index (χ0n) is 21.8. The van der Waals surface area contributed by atoms with Crippen LogP contribution >= 0.6 is 0 Å². The molecular weight excluding hydrogens is 491 g/mol. The van der Waals surface area contributed by atoms with Gasteiger partial charge in [-0.3, -0.25) is 20.0 Å². The van der Waals surface area contributed by atoms with Gasteiger partial charge in [-0.1, -0.05) is 25.7 Å². The smallest absolute Gasteiger partial charge is 0.259 e. The normalized spacial score (nSPS) is 42.2. The average Bonchev–Trinajstić information content (AvgIpc) is 3.47. The lowest BCUT2D eigenvalue weighted by Gasteiger charge is -2.60. The molecule has 7 aliphatic rings. The van der Waals surface area contributed by atoms with Gasteiger partial charge in [-0.05, 0) is 31.1 Å². The lowest BCUT2D eigenvalue weighted by atomic mass is 9.65. The molecule has 10 nitrogen and oxygen atoms in total. The fourth-order valence-electron chi connectivity index (χ4n) is 8.18. The summed E-state index contributed by atoms with van der Waals surface area (Å²) in [5, 5.41) is 3.14. The number of nitrogens with one attached hydrogen (secondary N) is 3. The number of guanidine groups is 1. The summed E-state index contributed by atoms with van der Waals surface area (Å²) in [5.74, 6) is 0.791. The molecule has 38 heavy (non-hydrogen) atoms. The van der Waals surface area contributed by atoms with Crippen molar-refractivity contribution < 1.29 is 23.5 Å². The van der Waals surface area contributed by atoms with Crippen LogP contribution in [0.25, 0.3) is 0 Å². The van der Waals surface area contributed by atoms with Gasteiger partial charge in [0.15, 0.2) is 5.78 Å². The minimum absolute atomic E-state index is 0.0445. The molecule has 3 saturated carbocycles. The Labute approximate surface area is 222 Å². The van der Waals surface area contributed by atoms with Gasteiger partial charge in [0.05, 0.1) is 55.7 Å². The van der Waals surface area contributed by atoms with E-state index in [1.54, 1.807) is 4.90 Å². The van der Waals surface area contributed by atoms with E-state index < -0.39 is 24.2 Å². The number of hydrogen-bond acceptors (Lipinski definition) is 9. The molecular formula is C27H39FN6O4. The molecule has 7 rings (SSSR count). The molecule has 3 N–H and O–H groups in total. The van der Waals surface area contributed by atoms with Crippen molar-refractivity contribution in [2.45, 2.75) is 81.5 Å². The molecule has 1 amide bonds. The maximum absolute atomic E-state index is 15.9. The summed E-state index contributed by atoms with van der Waals surface area (Å²) < 4.78 is 28.1. The maximum atomic E-state index is 15.9. The zero-order valence-corrected chi connectivity index (χ0v) is 21.8. The van der Waals surface area contributed by atoms with Crippen molar-refractivity contribution in [2.75, 3.05) is 39.4 Å². The summed E-state index contributed by atoms with van der Waals surface area (Å²) in [6.07, 6.45) is 6.99. The Kier molecular flexibility index (Phi) is 6.56. The third-order valence-corrected chi connectivity index (χ3v) is 10.0. The minimum atomic E-state index is -1.30. The number of hydrazine groups is 1. The molecule has 4 heterocycles. The molecule has 9 atom stereocenters. The number of Topliss-reactive ketones (excluding diaryl/α,β-unsaturated/α-hetero) is 1. The largest absolute Gasteiger partial charge is 0.378 e. The summed E-state index contributed by atoms with van der Waals surface area (Å²) in [6, 6.07) is -0.828.